The Bertz CT molecular complexity index is 1460. The second-order valence-electron chi connectivity index (χ2n) is 12.8. The number of nitrogens with two attached hydrogens (primary N) is 1. The number of likely N-dealkylation sites (tertiary alicyclic amines) is 1. The van der Waals surface area contributed by atoms with Crippen LogP contribution in [0.5, 0.6) is 5.88 Å². The number of carbonyl (C=O) groups is 2. The Hall–Kier alpha value is -4.25. The molecule has 2 fully saturated rings. The largest absolute Gasteiger partial charge is 0.481 e. The average Bonchev–Trinajstić information content (AvgIpc) is 3.45. The smallest absolute Gasteiger partial charge is 0.245 e. The van der Waals surface area contributed by atoms with Crippen LogP contribution >= 0.6 is 0 Å². The van der Waals surface area contributed by atoms with Crippen molar-refractivity contribution in [3.63, 3.8) is 0 Å². The van der Waals surface area contributed by atoms with E-state index in [1.807, 2.05) is 56.0 Å². The fourth-order valence-corrected chi connectivity index (χ4v) is 6.01. The molecule has 44 heavy (non-hydrogen) atoms. The van der Waals surface area contributed by atoms with E-state index in [0.717, 1.165) is 67.9 Å². The van der Waals surface area contributed by atoms with Crippen molar-refractivity contribution >= 4 is 23.3 Å². The molecule has 11 heteroatoms. The molecule has 2 amide bonds. The van der Waals surface area contributed by atoms with Crippen molar-refractivity contribution in [1.29, 1.82) is 0 Å². The number of benzene rings is 1. The molecule has 1 aromatic carbocycles. The number of rotatable bonds is 8. The number of aromatic nitrogens is 3. The predicted molar refractivity (Wildman–Crippen MR) is 172 cm³/mol. The zero-order valence-corrected chi connectivity index (χ0v) is 26.4. The van der Waals surface area contributed by atoms with Gasteiger partial charge < -0.3 is 25.6 Å². The lowest BCUT2D eigenvalue weighted by molar-refractivity contribution is -0.140. The van der Waals surface area contributed by atoms with Crippen LogP contribution in [0.4, 0.5) is 11.5 Å². The first-order valence-corrected chi connectivity index (χ1v) is 15.4. The SMILES string of the molecule is COc1ncccc1-c1cc(-c2ccc(N3CCN(CC(=O)NC(C(=O)N4CCCC4C)C(C)(C)C)CC3)cc2)c(N)nn1. The van der Waals surface area contributed by atoms with Gasteiger partial charge in [-0.3, -0.25) is 14.5 Å². The van der Waals surface area contributed by atoms with Crippen LogP contribution in [-0.2, 0) is 9.59 Å². The normalized spacial score (nSPS) is 18.2. The molecule has 0 aliphatic carbocycles. The summed E-state index contributed by atoms with van der Waals surface area (Å²) in [5.41, 5.74) is 10.1. The van der Waals surface area contributed by atoms with E-state index in [0.29, 0.717) is 17.4 Å². The molecule has 0 saturated carbocycles. The second-order valence-corrected chi connectivity index (χ2v) is 12.8. The molecule has 3 aromatic rings. The fraction of sp³-hybridized carbons (Fsp3) is 0.485. The minimum Gasteiger partial charge on any atom is -0.481 e. The Morgan fingerprint density at radius 2 is 1.77 bits per heavy atom. The Morgan fingerprint density at radius 1 is 1.05 bits per heavy atom. The summed E-state index contributed by atoms with van der Waals surface area (Å²) in [6, 6.07) is 13.6. The monoisotopic (exact) mass is 600 g/mol. The molecule has 0 spiro atoms. The minimum absolute atomic E-state index is 0.0291. The first-order valence-electron chi connectivity index (χ1n) is 15.4. The molecule has 0 bridgehead atoms. The van der Waals surface area contributed by atoms with Crippen molar-refractivity contribution in [3.05, 3.63) is 48.7 Å². The standard InChI is InChI=1S/C33H44N8O3/c1-22-8-7-15-41(22)32(43)29(33(2,3)4)36-28(42)21-39-16-18-40(19-17-39)24-12-10-23(11-13-24)26-20-27(37-38-30(26)34)25-9-6-14-35-31(25)44-5/h6,9-14,20,22,29H,7-8,15-19,21H2,1-5H3,(H2,34,38)(H,36,42). The number of nitrogens with zero attached hydrogens (tertiary/aromatic N) is 6. The van der Waals surface area contributed by atoms with Crippen LogP contribution < -0.4 is 20.7 Å². The third kappa shape index (κ3) is 6.93. The molecule has 4 heterocycles. The van der Waals surface area contributed by atoms with Crippen molar-refractivity contribution in [1.82, 2.24) is 30.3 Å². The second kappa shape index (κ2) is 13.2. The molecule has 2 unspecified atom stereocenters. The number of pyridine rings is 1. The molecule has 2 aliphatic rings. The number of carbonyl (C=O) groups excluding carboxylic acids is 2. The van der Waals surface area contributed by atoms with Crippen LogP contribution in [0.1, 0.15) is 40.5 Å². The third-order valence-electron chi connectivity index (χ3n) is 8.60. The molecule has 5 rings (SSSR count). The summed E-state index contributed by atoms with van der Waals surface area (Å²) in [7, 11) is 1.58. The van der Waals surface area contributed by atoms with Crippen LogP contribution in [0.15, 0.2) is 48.7 Å². The van der Waals surface area contributed by atoms with Crippen molar-refractivity contribution in [2.24, 2.45) is 5.41 Å². The Morgan fingerprint density at radius 3 is 2.41 bits per heavy atom. The van der Waals surface area contributed by atoms with Crippen LogP contribution in [-0.4, -0.2) is 95.3 Å². The molecule has 2 atom stereocenters. The highest BCUT2D eigenvalue weighted by molar-refractivity contribution is 5.89. The van der Waals surface area contributed by atoms with Crippen LogP contribution in [0.3, 0.4) is 0 Å². The van der Waals surface area contributed by atoms with E-state index in [1.165, 1.54) is 0 Å². The summed E-state index contributed by atoms with van der Waals surface area (Å²) < 4.78 is 5.39. The van der Waals surface area contributed by atoms with Gasteiger partial charge in [-0.05, 0) is 61.1 Å². The molecule has 2 aromatic heterocycles. The fourth-order valence-electron chi connectivity index (χ4n) is 6.01. The maximum absolute atomic E-state index is 13.3. The summed E-state index contributed by atoms with van der Waals surface area (Å²) in [5.74, 6) is 0.751. The van der Waals surface area contributed by atoms with E-state index in [4.69, 9.17) is 10.5 Å². The summed E-state index contributed by atoms with van der Waals surface area (Å²) in [6.07, 6.45) is 3.70. The lowest BCUT2D eigenvalue weighted by Crippen LogP contribution is -2.57. The van der Waals surface area contributed by atoms with Gasteiger partial charge >= 0.3 is 0 Å². The highest BCUT2D eigenvalue weighted by Gasteiger charge is 2.38. The van der Waals surface area contributed by atoms with Gasteiger partial charge in [0.05, 0.1) is 24.9 Å². The number of amides is 2. The zero-order chi connectivity index (χ0) is 31.4. The van der Waals surface area contributed by atoms with Gasteiger partial charge in [-0.2, -0.15) is 0 Å². The Kier molecular flexibility index (Phi) is 9.33. The van der Waals surface area contributed by atoms with Gasteiger partial charge in [0.15, 0.2) is 5.82 Å². The maximum Gasteiger partial charge on any atom is 0.245 e. The molecule has 2 saturated heterocycles. The predicted octanol–water partition coefficient (Wildman–Crippen LogP) is 3.46. The number of hydrogen-bond acceptors (Lipinski definition) is 9. The number of nitrogens with one attached hydrogen (secondary N) is 1. The summed E-state index contributed by atoms with van der Waals surface area (Å²) in [5, 5.41) is 11.5. The summed E-state index contributed by atoms with van der Waals surface area (Å²) >= 11 is 0. The number of piperazine rings is 1. The molecule has 3 N–H and O–H groups in total. The molecular weight excluding hydrogens is 556 g/mol. The van der Waals surface area contributed by atoms with E-state index < -0.39 is 6.04 Å². The number of hydrogen-bond donors (Lipinski definition) is 2. The Labute approximate surface area is 259 Å². The van der Waals surface area contributed by atoms with Gasteiger partial charge in [-0.15, -0.1) is 10.2 Å². The van der Waals surface area contributed by atoms with Crippen molar-refractivity contribution in [2.45, 2.75) is 52.6 Å². The highest BCUT2D eigenvalue weighted by Crippen LogP contribution is 2.32. The van der Waals surface area contributed by atoms with Gasteiger partial charge in [0.2, 0.25) is 17.7 Å². The molecule has 11 nitrogen and oxygen atoms in total. The van der Waals surface area contributed by atoms with Gasteiger partial charge in [0.25, 0.3) is 0 Å². The average molecular weight is 601 g/mol. The van der Waals surface area contributed by atoms with E-state index in [9.17, 15) is 9.59 Å². The number of nitrogen functional groups attached to an aromatic ring is 1. The highest BCUT2D eigenvalue weighted by atomic mass is 16.5. The first kappa shape index (κ1) is 31.2. The van der Waals surface area contributed by atoms with Gasteiger partial charge in [0, 0.05) is 56.2 Å². The van der Waals surface area contributed by atoms with Gasteiger partial charge in [-0.25, -0.2) is 4.98 Å². The number of methoxy groups -OCH3 is 1. The zero-order valence-electron chi connectivity index (χ0n) is 26.4. The maximum atomic E-state index is 13.3. The number of ether oxygens (including phenoxy) is 1. The van der Waals surface area contributed by atoms with Crippen molar-refractivity contribution < 1.29 is 14.3 Å². The van der Waals surface area contributed by atoms with E-state index >= 15 is 0 Å². The summed E-state index contributed by atoms with van der Waals surface area (Å²) in [6.45, 7) is 12.3. The molecule has 2 aliphatic heterocycles. The third-order valence-corrected chi connectivity index (χ3v) is 8.60. The lowest BCUT2D eigenvalue weighted by atomic mass is 9.85. The summed E-state index contributed by atoms with van der Waals surface area (Å²) in [4.78, 5) is 37.1. The lowest BCUT2D eigenvalue weighted by Gasteiger charge is -2.37. The van der Waals surface area contributed by atoms with Crippen LogP contribution in [0.25, 0.3) is 22.4 Å². The van der Waals surface area contributed by atoms with Crippen molar-refractivity contribution in [2.75, 3.05) is 57.0 Å². The topological polar surface area (TPSA) is 130 Å². The number of anilines is 2. The molecular formula is C33H44N8O3. The molecule has 0 radical (unpaired) electrons. The van der Waals surface area contributed by atoms with Gasteiger partial charge in [-0.1, -0.05) is 32.9 Å². The van der Waals surface area contributed by atoms with E-state index in [2.05, 4.69) is 49.4 Å². The van der Waals surface area contributed by atoms with Gasteiger partial charge in [0.1, 0.15) is 6.04 Å². The minimum atomic E-state index is -0.539. The van der Waals surface area contributed by atoms with E-state index in [1.54, 1.807) is 13.3 Å². The Balaban J connectivity index is 1.18. The van der Waals surface area contributed by atoms with Crippen molar-refractivity contribution in [3.8, 4) is 28.3 Å². The quantitative estimate of drug-likeness (QED) is 0.399. The van der Waals surface area contributed by atoms with Crippen LogP contribution in [0.2, 0.25) is 0 Å². The molecule has 234 valence electrons. The first-order chi connectivity index (χ1) is 21.0. The van der Waals surface area contributed by atoms with E-state index in [-0.39, 0.29) is 29.8 Å². The van der Waals surface area contributed by atoms with Crippen LogP contribution in [0, 0.1) is 5.41 Å².